The van der Waals surface area contributed by atoms with E-state index in [1.807, 2.05) is 0 Å². The quantitative estimate of drug-likeness (QED) is 0.703. The van der Waals surface area contributed by atoms with Crippen LogP contribution in [0.1, 0.15) is 27.1 Å². The van der Waals surface area contributed by atoms with E-state index in [0.717, 1.165) is 0 Å². The molecule has 0 saturated carbocycles. The SMILES string of the molecule is C=CCC(=O)O.O=C(O)c1ccccc1C(=O)O. The highest BCUT2D eigenvalue weighted by atomic mass is 16.4. The number of hydrogen-bond acceptors (Lipinski definition) is 3. The van der Waals surface area contributed by atoms with Crippen molar-refractivity contribution in [2.75, 3.05) is 0 Å². The van der Waals surface area contributed by atoms with Crippen molar-refractivity contribution in [3.05, 3.63) is 48.0 Å². The molecule has 0 aliphatic heterocycles. The highest BCUT2D eigenvalue weighted by molar-refractivity contribution is 6.01. The van der Waals surface area contributed by atoms with E-state index in [4.69, 9.17) is 15.3 Å². The molecular formula is C12H12O6. The Kier molecular flexibility index (Phi) is 6.50. The standard InChI is InChI=1S/C8H6O4.C4H6O2/c9-7(10)5-3-1-2-4-6(5)8(11)12;1-2-3-4(5)6/h1-4H,(H,9,10)(H,11,12);2H,1,3H2,(H,5,6). The van der Waals surface area contributed by atoms with E-state index in [0.29, 0.717) is 0 Å². The molecule has 96 valence electrons. The molecule has 0 bridgehead atoms. The van der Waals surface area contributed by atoms with Crippen LogP contribution in [0.2, 0.25) is 0 Å². The monoisotopic (exact) mass is 252 g/mol. The fraction of sp³-hybridized carbons (Fsp3) is 0.0833. The molecule has 6 heteroatoms. The van der Waals surface area contributed by atoms with E-state index < -0.39 is 17.9 Å². The number of rotatable bonds is 4. The summed E-state index contributed by atoms with van der Waals surface area (Å²) < 4.78 is 0. The molecule has 0 atom stereocenters. The smallest absolute Gasteiger partial charge is 0.336 e. The summed E-state index contributed by atoms with van der Waals surface area (Å²) in [6, 6.07) is 5.48. The van der Waals surface area contributed by atoms with Crippen molar-refractivity contribution in [2.24, 2.45) is 0 Å². The molecule has 0 fully saturated rings. The van der Waals surface area contributed by atoms with Gasteiger partial charge in [0.2, 0.25) is 0 Å². The number of carbonyl (C=O) groups is 3. The summed E-state index contributed by atoms with van der Waals surface area (Å²) in [5.74, 6) is -3.29. The number of aromatic carboxylic acids is 2. The molecule has 0 unspecified atom stereocenters. The molecule has 3 N–H and O–H groups in total. The molecule has 0 aromatic heterocycles. The molecule has 0 heterocycles. The molecule has 0 amide bonds. The van der Waals surface area contributed by atoms with Gasteiger partial charge in [-0.05, 0) is 12.1 Å². The molecule has 1 aromatic rings. The van der Waals surface area contributed by atoms with Crippen LogP contribution in [-0.2, 0) is 4.79 Å². The van der Waals surface area contributed by atoms with Crippen LogP contribution in [0.25, 0.3) is 0 Å². The van der Waals surface area contributed by atoms with Crippen LogP contribution in [0.4, 0.5) is 0 Å². The van der Waals surface area contributed by atoms with E-state index >= 15 is 0 Å². The molecule has 0 spiro atoms. The van der Waals surface area contributed by atoms with Crippen molar-refractivity contribution in [3.63, 3.8) is 0 Å². The predicted molar refractivity (Wildman–Crippen MR) is 62.8 cm³/mol. The minimum atomic E-state index is -1.23. The number of benzene rings is 1. The van der Waals surface area contributed by atoms with E-state index in [1.54, 1.807) is 0 Å². The zero-order chi connectivity index (χ0) is 14.1. The van der Waals surface area contributed by atoms with Gasteiger partial charge in [0.25, 0.3) is 0 Å². The highest BCUT2D eigenvalue weighted by Crippen LogP contribution is 2.07. The lowest BCUT2D eigenvalue weighted by Gasteiger charge is -1.98. The summed E-state index contributed by atoms with van der Waals surface area (Å²) in [5, 5.41) is 24.9. The fourth-order valence-electron chi connectivity index (χ4n) is 0.980. The van der Waals surface area contributed by atoms with E-state index in [-0.39, 0.29) is 17.5 Å². The summed E-state index contributed by atoms with van der Waals surface area (Å²) >= 11 is 0. The second kappa shape index (κ2) is 7.61. The van der Waals surface area contributed by atoms with Crippen LogP contribution < -0.4 is 0 Å². The predicted octanol–water partition coefficient (Wildman–Crippen LogP) is 1.73. The Morgan fingerprint density at radius 3 is 1.56 bits per heavy atom. The van der Waals surface area contributed by atoms with Crippen molar-refractivity contribution in [3.8, 4) is 0 Å². The Labute approximate surface area is 103 Å². The molecular weight excluding hydrogens is 240 g/mol. The molecule has 1 rings (SSSR count). The van der Waals surface area contributed by atoms with Gasteiger partial charge >= 0.3 is 17.9 Å². The minimum absolute atomic E-state index is 0.0556. The maximum Gasteiger partial charge on any atom is 0.336 e. The van der Waals surface area contributed by atoms with Crippen LogP contribution >= 0.6 is 0 Å². The van der Waals surface area contributed by atoms with Crippen molar-refractivity contribution in [1.82, 2.24) is 0 Å². The summed E-state index contributed by atoms with van der Waals surface area (Å²) in [6.07, 6.45) is 1.41. The Balaban J connectivity index is 0.000000411. The van der Waals surface area contributed by atoms with E-state index in [2.05, 4.69) is 6.58 Å². The van der Waals surface area contributed by atoms with Gasteiger partial charge < -0.3 is 15.3 Å². The molecule has 0 aliphatic rings. The van der Waals surface area contributed by atoms with Gasteiger partial charge in [0.15, 0.2) is 0 Å². The van der Waals surface area contributed by atoms with Crippen LogP contribution in [0.15, 0.2) is 36.9 Å². The van der Waals surface area contributed by atoms with Gasteiger partial charge in [0.1, 0.15) is 0 Å². The topological polar surface area (TPSA) is 112 Å². The molecule has 6 nitrogen and oxygen atoms in total. The van der Waals surface area contributed by atoms with Crippen molar-refractivity contribution >= 4 is 17.9 Å². The molecule has 0 saturated heterocycles. The van der Waals surface area contributed by atoms with Crippen molar-refractivity contribution < 1.29 is 29.7 Å². The third-order valence-corrected chi connectivity index (χ3v) is 1.71. The Morgan fingerprint density at radius 1 is 1.00 bits per heavy atom. The normalized spacial score (nSPS) is 8.67. The average molecular weight is 252 g/mol. The summed E-state index contributed by atoms with van der Waals surface area (Å²) in [6.45, 7) is 3.22. The van der Waals surface area contributed by atoms with Gasteiger partial charge in [-0.3, -0.25) is 4.79 Å². The third-order valence-electron chi connectivity index (χ3n) is 1.71. The van der Waals surface area contributed by atoms with E-state index in [1.165, 1.54) is 30.3 Å². The Bertz CT molecular complexity index is 430. The summed E-state index contributed by atoms with van der Waals surface area (Å²) in [4.78, 5) is 30.5. The Morgan fingerprint density at radius 2 is 1.39 bits per heavy atom. The second-order valence-corrected chi connectivity index (χ2v) is 3.04. The lowest BCUT2D eigenvalue weighted by atomic mass is 10.1. The van der Waals surface area contributed by atoms with Gasteiger partial charge in [-0.25, -0.2) is 9.59 Å². The zero-order valence-electron chi connectivity index (χ0n) is 9.37. The number of aliphatic carboxylic acids is 1. The molecule has 18 heavy (non-hydrogen) atoms. The van der Waals surface area contributed by atoms with Crippen LogP contribution in [0, 0.1) is 0 Å². The van der Waals surface area contributed by atoms with Gasteiger partial charge in [-0.2, -0.15) is 0 Å². The van der Waals surface area contributed by atoms with Gasteiger partial charge in [-0.15, -0.1) is 6.58 Å². The van der Waals surface area contributed by atoms with Crippen molar-refractivity contribution in [2.45, 2.75) is 6.42 Å². The third kappa shape index (κ3) is 5.45. The lowest BCUT2D eigenvalue weighted by molar-refractivity contribution is -0.136. The second-order valence-electron chi connectivity index (χ2n) is 3.04. The lowest BCUT2D eigenvalue weighted by Crippen LogP contribution is -2.06. The highest BCUT2D eigenvalue weighted by Gasteiger charge is 2.13. The van der Waals surface area contributed by atoms with Gasteiger partial charge in [0, 0.05) is 0 Å². The largest absolute Gasteiger partial charge is 0.481 e. The van der Waals surface area contributed by atoms with Crippen LogP contribution in [-0.4, -0.2) is 33.2 Å². The first-order valence-corrected chi connectivity index (χ1v) is 4.78. The summed E-state index contributed by atoms with van der Waals surface area (Å²) in [5.41, 5.74) is -0.380. The maximum atomic E-state index is 10.5. The summed E-state index contributed by atoms with van der Waals surface area (Å²) in [7, 11) is 0. The first-order valence-electron chi connectivity index (χ1n) is 4.78. The van der Waals surface area contributed by atoms with E-state index in [9.17, 15) is 14.4 Å². The first kappa shape index (κ1) is 15.4. The number of hydrogen-bond donors (Lipinski definition) is 3. The molecule has 0 aliphatic carbocycles. The first-order chi connectivity index (χ1) is 8.40. The van der Waals surface area contributed by atoms with Gasteiger partial charge in [0.05, 0.1) is 17.5 Å². The van der Waals surface area contributed by atoms with Crippen LogP contribution in [0.3, 0.4) is 0 Å². The van der Waals surface area contributed by atoms with Crippen LogP contribution in [0.5, 0.6) is 0 Å². The average Bonchev–Trinajstić information content (AvgIpc) is 2.29. The number of carboxylic acids is 3. The number of carboxylic acid groups (broad SMARTS) is 3. The Hall–Kier alpha value is -2.63. The fourth-order valence-corrected chi connectivity index (χ4v) is 0.980. The molecule has 1 aromatic carbocycles. The minimum Gasteiger partial charge on any atom is -0.481 e. The maximum absolute atomic E-state index is 10.5. The van der Waals surface area contributed by atoms with Gasteiger partial charge in [-0.1, -0.05) is 18.2 Å². The van der Waals surface area contributed by atoms with Crippen molar-refractivity contribution in [1.29, 1.82) is 0 Å². The molecule has 0 radical (unpaired) electrons. The zero-order valence-corrected chi connectivity index (χ0v) is 9.37.